The standard InChI is InChI=1S/C17H13ClF3NO3/c1-10(23)15(24)7-11-6-14(12-2-4-13(18)5-3-12)16(22-8-11)25-9-17(19,20)21/h2-6,8H,7,9H2,1H3. The quantitative estimate of drug-likeness (QED) is 0.719. The number of ketones is 2. The van der Waals surface area contributed by atoms with E-state index in [9.17, 15) is 22.8 Å². The van der Waals surface area contributed by atoms with Gasteiger partial charge in [-0.1, -0.05) is 23.7 Å². The van der Waals surface area contributed by atoms with Gasteiger partial charge in [0.15, 0.2) is 12.4 Å². The van der Waals surface area contributed by atoms with Gasteiger partial charge in [0.05, 0.1) is 0 Å². The van der Waals surface area contributed by atoms with Crippen molar-refractivity contribution < 1.29 is 27.5 Å². The molecule has 2 rings (SSSR count). The van der Waals surface area contributed by atoms with Gasteiger partial charge in [-0.15, -0.1) is 0 Å². The van der Waals surface area contributed by atoms with Crippen LogP contribution in [0.2, 0.25) is 5.02 Å². The van der Waals surface area contributed by atoms with Crippen molar-refractivity contribution in [3.8, 4) is 17.0 Å². The molecule has 1 heterocycles. The van der Waals surface area contributed by atoms with Gasteiger partial charge in [-0.05, 0) is 29.3 Å². The minimum atomic E-state index is -4.51. The van der Waals surface area contributed by atoms with Crippen LogP contribution in [-0.2, 0) is 16.0 Å². The molecule has 1 aromatic heterocycles. The Bertz CT molecular complexity index is 789. The number of Topliss-reactive ketones (excluding diaryl/α,β-unsaturated/α-hetero) is 2. The fraction of sp³-hybridized carbons (Fsp3) is 0.235. The first-order valence-electron chi connectivity index (χ1n) is 7.14. The molecule has 0 fully saturated rings. The molecule has 132 valence electrons. The average Bonchev–Trinajstić information content (AvgIpc) is 2.53. The molecule has 0 spiro atoms. The molecule has 0 N–H and O–H groups in total. The lowest BCUT2D eigenvalue weighted by Gasteiger charge is -2.13. The second-order valence-corrected chi connectivity index (χ2v) is 5.70. The van der Waals surface area contributed by atoms with Crippen LogP contribution in [0.1, 0.15) is 12.5 Å². The Morgan fingerprint density at radius 2 is 1.84 bits per heavy atom. The second-order valence-electron chi connectivity index (χ2n) is 5.26. The summed E-state index contributed by atoms with van der Waals surface area (Å²) in [6, 6.07) is 7.80. The van der Waals surface area contributed by atoms with E-state index in [1.807, 2.05) is 0 Å². The van der Waals surface area contributed by atoms with Crippen LogP contribution in [0.3, 0.4) is 0 Å². The molecule has 0 unspecified atom stereocenters. The minimum Gasteiger partial charge on any atom is -0.468 e. The lowest BCUT2D eigenvalue weighted by atomic mass is 10.0. The number of hydrogen-bond acceptors (Lipinski definition) is 4. The van der Waals surface area contributed by atoms with Crippen LogP contribution < -0.4 is 4.74 Å². The van der Waals surface area contributed by atoms with Crippen LogP contribution in [-0.4, -0.2) is 29.3 Å². The molecule has 1 aromatic carbocycles. The highest BCUT2D eigenvalue weighted by molar-refractivity contribution is 6.36. The van der Waals surface area contributed by atoms with Crippen LogP contribution in [0.4, 0.5) is 13.2 Å². The maximum absolute atomic E-state index is 12.4. The van der Waals surface area contributed by atoms with E-state index in [4.69, 9.17) is 16.3 Å². The van der Waals surface area contributed by atoms with Gasteiger partial charge in [0.2, 0.25) is 11.7 Å². The summed E-state index contributed by atoms with van der Waals surface area (Å²) < 4.78 is 42.0. The lowest BCUT2D eigenvalue weighted by Crippen LogP contribution is -2.20. The van der Waals surface area contributed by atoms with Crippen molar-refractivity contribution in [3.63, 3.8) is 0 Å². The van der Waals surface area contributed by atoms with E-state index in [0.29, 0.717) is 16.1 Å². The van der Waals surface area contributed by atoms with Gasteiger partial charge >= 0.3 is 6.18 Å². The minimum absolute atomic E-state index is 0.192. The molecule has 0 atom stereocenters. The average molecular weight is 372 g/mol. The number of halogens is 4. The largest absolute Gasteiger partial charge is 0.468 e. The van der Waals surface area contributed by atoms with Crippen molar-refractivity contribution in [2.75, 3.05) is 6.61 Å². The number of carbonyl (C=O) groups is 2. The number of hydrogen-bond donors (Lipinski definition) is 0. The predicted octanol–water partition coefficient (Wildman–Crippen LogP) is 4.04. The Balaban J connectivity index is 2.39. The highest BCUT2D eigenvalue weighted by Crippen LogP contribution is 2.31. The molecule has 0 amide bonds. The normalized spacial score (nSPS) is 11.2. The van der Waals surface area contributed by atoms with E-state index in [1.165, 1.54) is 12.3 Å². The smallest absolute Gasteiger partial charge is 0.422 e. The number of ether oxygens (including phenoxy) is 1. The van der Waals surface area contributed by atoms with E-state index in [1.54, 1.807) is 24.3 Å². The number of rotatable bonds is 6. The molecule has 0 bridgehead atoms. The van der Waals surface area contributed by atoms with Gasteiger partial charge < -0.3 is 4.74 Å². The fourth-order valence-corrected chi connectivity index (χ4v) is 2.13. The zero-order chi connectivity index (χ0) is 18.6. The number of carbonyl (C=O) groups excluding carboxylic acids is 2. The number of alkyl halides is 3. The number of pyridine rings is 1. The first kappa shape index (κ1) is 18.9. The lowest BCUT2D eigenvalue weighted by molar-refractivity contribution is -0.154. The second kappa shape index (κ2) is 7.65. The maximum atomic E-state index is 12.4. The van der Waals surface area contributed by atoms with E-state index in [2.05, 4.69) is 4.98 Å². The summed E-state index contributed by atoms with van der Waals surface area (Å²) in [7, 11) is 0. The van der Waals surface area contributed by atoms with E-state index >= 15 is 0 Å². The molecule has 0 aliphatic rings. The topological polar surface area (TPSA) is 56.3 Å². The maximum Gasteiger partial charge on any atom is 0.422 e. The van der Waals surface area contributed by atoms with Crippen molar-refractivity contribution in [1.29, 1.82) is 0 Å². The first-order chi connectivity index (χ1) is 11.7. The van der Waals surface area contributed by atoms with Crippen molar-refractivity contribution in [2.45, 2.75) is 19.5 Å². The summed E-state index contributed by atoms with van der Waals surface area (Å²) in [5, 5.41) is 0.456. The zero-order valence-corrected chi connectivity index (χ0v) is 13.8. The Labute approximate surface area is 146 Å². The predicted molar refractivity (Wildman–Crippen MR) is 85.6 cm³/mol. The van der Waals surface area contributed by atoms with Gasteiger partial charge in [0, 0.05) is 30.1 Å². The number of nitrogens with zero attached hydrogens (tertiary/aromatic N) is 1. The summed E-state index contributed by atoms with van der Waals surface area (Å²) >= 11 is 5.82. The Kier molecular flexibility index (Phi) is 5.79. The summed E-state index contributed by atoms with van der Waals surface area (Å²) in [6.07, 6.45) is -3.49. The Hall–Kier alpha value is -2.41. The third-order valence-corrected chi connectivity index (χ3v) is 3.44. The highest BCUT2D eigenvalue weighted by atomic mass is 35.5. The molecule has 8 heteroatoms. The fourth-order valence-electron chi connectivity index (χ4n) is 2.00. The van der Waals surface area contributed by atoms with Crippen LogP contribution in [0.5, 0.6) is 5.88 Å². The van der Waals surface area contributed by atoms with E-state index in [-0.39, 0.29) is 17.9 Å². The number of aromatic nitrogens is 1. The van der Waals surface area contributed by atoms with Crippen LogP contribution >= 0.6 is 11.6 Å². The summed E-state index contributed by atoms with van der Waals surface area (Å²) in [5.41, 5.74) is 1.19. The van der Waals surface area contributed by atoms with Crippen molar-refractivity contribution in [2.24, 2.45) is 0 Å². The molecule has 2 aromatic rings. The molecule has 0 saturated heterocycles. The Morgan fingerprint density at radius 3 is 2.40 bits per heavy atom. The molecular weight excluding hydrogens is 359 g/mol. The number of benzene rings is 1. The molecule has 0 saturated carbocycles. The molecule has 4 nitrogen and oxygen atoms in total. The van der Waals surface area contributed by atoms with E-state index < -0.39 is 24.3 Å². The molecule has 0 aliphatic heterocycles. The molecule has 0 radical (unpaired) electrons. The van der Waals surface area contributed by atoms with E-state index in [0.717, 1.165) is 6.92 Å². The summed E-state index contributed by atoms with van der Waals surface area (Å²) in [6.45, 7) is -0.344. The van der Waals surface area contributed by atoms with Gasteiger partial charge in [-0.2, -0.15) is 13.2 Å². The van der Waals surface area contributed by atoms with Crippen LogP contribution in [0.15, 0.2) is 36.5 Å². The third kappa shape index (κ3) is 5.56. The first-order valence-corrected chi connectivity index (χ1v) is 7.51. The highest BCUT2D eigenvalue weighted by Gasteiger charge is 2.29. The van der Waals surface area contributed by atoms with Crippen molar-refractivity contribution >= 4 is 23.2 Å². The molecule has 25 heavy (non-hydrogen) atoms. The van der Waals surface area contributed by atoms with Crippen LogP contribution in [0.25, 0.3) is 11.1 Å². The van der Waals surface area contributed by atoms with Gasteiger partial charge in [0.1, 0.15) is 0 Å². The van der Waals surface area contributed by atoms with Crippen LogP contribution in [0, 0.1) is 0 Å². The summed E-state index contributed by atoms with van der Waals surface area (Å²) in [4.78, 5) is 26.5. The van der Waals surface area contributed by atoms with Crippen molar-refractivity contribution in [1.82, 2.24) is 4.98 Å². The molecule has 0 aliphatic carbocycles. The van der Waals surface area contributed by atoms with Gasteiger partial charge in [-0.3, -0.25) is 9.59 Å². The van der Waals surface area contributed by atoms with Gasteiger partial charge in [-0.25, -0.2) is 4.98 Å². The monoisotopic (exact) mass is 371 g/mol. The van der Waals surface area contributed by atoms with Crippen molar-refractivity contribution in [3.05, 3.63) is 47.1 Å². The third-order valence-electron chi connectivity index (χ3n) is 3.19. The SMILES string of the molecule is CC(=O)C(=O)Cc1cnc(OCC(F)(F)F)c(-c2ccc(Cl)cc2)c1. The van der Waals surface area contributed by atoms with Gasteiger partial charge in [0.25, 0.3) is 0 Å². The molecular formula is C17H13ClF3NO3. The Morgan fingerprint density at radius 1 is 1.20 bits per heavy atom. The zero-order valence-electron chi connectivity index (χ0n) is 13.1. The summed E-state index contributed by atoms with van der Waals surface area (Å²) in [5.74, 6) is -1.45.